The minimum absolute atomic E-state index is 0.171. The first-order valence-corrected chi connectivity index (χ1v) is 11.0. The molecule has 1 aliphatic heterocycles. The molecule has 144 valence electrons. The molecule has 0 aliphatic carbocycles. The van der Waals surface area contributed by atoms with Gasteiger partial charge in [0.1, 0.15) is 18.3 Å². The summed E-state index contributed by atoms with van der Waals surface area (Å²) in [5, 5.41) is 10.4. The Labute approximate surface area is 160 Å². The minimum atomic E-state index is -0.959. The molecule has 5 nitrogen and oxygen atoms in total. The van der Waals surface area contributed by atoms with E-state index in [4.69, 9.17) is 18.9 Å². The van der Waals surface area contributed by atoms with E-state index in [1.807, 2.05) is 0 Å². The molecule has 0 aromatic heterocycles. The molecule has 5 atom stereocenters. The second-order valence-corrected chi connectivity index (χ2v) is 7.17. The van der Waals surface area contributed by atoms with Crippen LogP contribution in [0.5, 0.6) is 0 Å². The third-order valence-electron chi connectivity index (χ3n) is 4.19. The van der Waals surface area contributed by atoms with E-state index in [9.17, 15) is 5.11 Å². The van der Waals surface area contributed by atoms with E-state index in [0.717, 1.165) is 43.0 Å². The SMILES string of the molecule is CCCCOC1C(O)OC(CI)C(OCCCC)C1OCCCC. The lowest BCUT2D eigenvalue weighted by atomic mass is 9.99. The molecule has 1 aliphatic rings. The molecule has 1 N–H and O–H groups in total. The van der Waals surface area contributed by atoms with Crippen LogP contribution in [0.15, 0.2) is 0 Å². The molecule has 1 fully saturated rings. The highest BCUT2D eigenvalue weighted by Crippen LogP contribution is 2.29. The molecule has 1 saturated heterocycles. The largest absolute Gasteiger partial charge is 0.373 e. The summed E-state index contributed by atoms with van der Waals surface area (Å²) in [6.45, 7) is 8.35. The van der Waals surface area contributed by atoms with E-state index in [0.29, 0.717) is 19.8 Å². The number of aliphatic hydroxyl groups is 1. The lowest BCUT2D eigenvalue weighted by Crippen LogP contribution is -2.60. The maximum Gasteiger partial charge on any atom is 0.184 e. The molecular weight excluding hydrogens is 423 g/mol. The number of hydrogen-bond acceptors (Lipinski definition) is 5. The van der Waals surface area contributed by atoms with E-state index >= 15 is 0 Å². The van der Waals surface area contributed by atoms with Gasteiger partial charge in [-0.05, 0) is 19.3 Å². The summed E-state index contributed by atoms with van der Waals surface area (Å²) in [5.41, 5.74) is 0. The quantitative estimate of drug-likeness (QED) is 0.259. The van der Waals surface area contributed by atoms with Crippen molar-refractivity contribution in [1.82, 2.24) is 0 Å². The molecule has 5 unspecified atom stereocenters. The zero-order valence-corrected chi connectivity index (χ0v) is 17.6. The van der Waals surface area contributed by atoms with Gasteiger partial charge in [0.2, 0.25) is 0 Å². The van der Waals surface area contributed by atoms with Gasteiger partial charge in [-0.3, -0.25) is 0 Å². The molecule has 0 amide bonds. The highest BCUT2D eigenvalue weighted by atomic mass is 127. The molecule has 0 radical (unpaired) electrons. The van der Waals surface area contributed by atoms with E-state index in [1.165, 1.54) is 0 Å². The second-order valence-electron chi connectivity index (χ2n) is 6.29. The Kier molecular flexibility index (Phi) is 12.9. The fourth-order valence-electron chi connectivity index (χ4n) is 2.68. The van der Waals surface area contributed by atoms with Crippen molar-refractivity contribution in [2.45, 2.75) is 90.0 Å². The summed E-state index contributed by atoms with van der Waals surface area (Å²) < 4.78 is 24.7. The molecular formula is C18H35IO5. The van der Waals surface area contributed by atoms with E-state index in [-0.39, 0.29) is 18.3 Å². The highest BCUT2D eigenvalue weighted by Gasteiger charge is 2.47. The van der Waals surface area contributed by atoms with Crippen LogP contribution in [0.2, 0.25) is 0 Å². The monoisotopic (exact) mass is 458 g/mol. The molecule has 0 saturated carbocycles. The van der Waals surface area contributed by atoms with Crippen LogP contribution in [0.4, 0.5) is 0 Å². The molecule has 1 rings (SSSR count). The van der Waals surface area contributed by atoms with Gasteiger partial charge in [0.05, 0.1) is 6.10 Å². The lowest BCUT2D eigenvalue weighted by molar-refractivity contribution is -0.301. The van der Waals surface area contributed by atoms with Crippen molar-refractivity contribution in [2.75, 3.05) is 24.2 Å². The van der Waals surface area contributed by atoms with Gasteiger partial charge in [-0.25, -0.2) is 0 Å². The maximum atomic E-state index is 10.4. The standard InChI is InChI=1S/C18H35IO5/c1-4-7-10-21-15-14(13-19)24-18(20)17(23-12-9-6-3)16(15)22-11-8-5-2/h14-18,20H,4-13H2,1-3H3. The predicted molar refractivity (Wildman–Crippen MR) is 104 cm³/mol. The second kappa shape index (κ2) is 13.7. The van der Waals surface area contributed by atoms with Crippen molar-refractivity contribution >= 4 is 22.6 Å². The van der Waals surface area contributed by atoms with Crippen LogP contribution in [0, 0.1) is 0 Å². The normalized spacial score (nSPS) is 30.6. The number of rotatable bonds is 13. The fourth-order valence-corrected chi connectivity index (χ4v) is 3.39. The molecule has 0 aromatic carbocycles. The highest BCUT2D eigenvalue weighted by molar-refractivity contribution is 14.1. The summed E-state index contributed by atoms with van der Waals surface area (Å²) in [7, 11) is 0. The Morgan fingerprint density at radius 1 is 0.792 bits per heavy atom. The topological polar surface area (TPSA) is 57.2 Å². The first-order valence-electron chi connectivity index (χ1n) is 9.43. The first-order chi connectivity index (χ1) is 11.7. The Balaban J connectivity index is 2.79. The summed E-state index contributed by atoms with van der Waals surface area (Å²) >= 11 is 2.28. The van der Waals surface area contributed by atoms with Gasteiger partial charge < -0.3 is 24.1 Å². The van der Waals surface area contributed by atoms with Gasteiger partial charge in [-0.2, -0.15) is 0 Å². The van der Waals surface area contributed by atoms with Gasteiger partial charge in [-0.1, -0.05) is 62.6 Å². The van der Waals surface area contributed by atoms with Crippen LogP contribution in [0.1, 0.15) is 59.3 Å². The van der Waals surface area contributed by atoms with E-state index in [2.05, 4.69) is 43.4 Å². The van der Waals surface area contributed by atoms with Gasteiger partial charge >= 0.3 is 0 Å². The number of halogens is 1. The molecule has 24 heavy (non-hydrogen) atoms. The van der Waals surface area contributed by atoms with Gasteiger partial charge in [0.15, 0.2) is 6.29 Å². The maximum absolute atomic E-state index is 10.4. The molecule has 1 heterocycles. The molecule has 0 spiro atoms. The third kappa shape index (κ3) is 7.41. The van der Waals surface area contributed by atoms with Crippen molar-refractivity contribution in [3.63, 3.8) is 0 Å². The van der Waals surface area contributed by atoms with Crippen molar-refractivity contribution in [3.05, 3.63) is 0 Å². The van der Waals surface area contributed by atoms with Crippen LogP contribution < -0.4 is 0 Å². The minimum Gasteiger partial charge on any atom is -0.373 e. The number of unbranched alkanes of at least 4 members (excludes halogenated alkanes) is 3. The van der Waals surface area contributed by atoms with Crippen LogP contribution in [-0.2, 0) is 18.9 Å². The van der Waals surface area contributed by atoms with Crippen molar-refractivity contribution < 1.29 is 24.1 Å². The summed E-state index contributed by atoms with van der Waals surface area (Å²) in [5.74, 6) is 0. The Morgan fingerprint density at radius 2 is 1.25 bits per heavy atom. The smallest absolute Gasteiger partial charge is 0.184 e. The van der Waals surface area contributed by atoms with Gasteiger partial charge in [-0.15, -0.1) is 0 Å². The van der Waals surface area contributed by atoms with E-state index < -0.39 is 12.4 Å². The predicted octanol–water partition coefficient (Wildman–Crippen LogP) is 3.69. The van der Waals surface area contributed by atoms with Crippen LogP contribution in [0.3, 0.4) is 0 Å². The van der Waals surface area contributed by atoms with Gasteiger partial charge in [0, 0.05) is 24.2 Å². The number of ether oxygens (including phenoxy) is 4. The average Bonchev–Trinajstić information content (AvgIpc) is 2.58. The number of hydrogen-bond donors (Lipinski definition) is 1. The Morgan fingerprint density at radius 3 is 1.71 bits per heavy atom. The third-order valence-corrected chi connectivity index (χ3v) is 5.05. The van der Waals surface area contributed by atoms with Crippen molar-refractivity contribution in [2.24, 2.45) is 0 Å². The van der Waals surface area contributed by atoms with Crippen molar-refractivity contribution in [1.29, 1.82) is 0 Å². The Hall–Kier alpha value is 0.530. The van der Waals surface area contributed by atoms with Crippen LogP contribution in [0.25, 0.3) is 0 Å². The van der Waals surface area contributed by atoms with Crippen LogP contribution >= 0.6 is 22.6 Å². The summed E-state index contributed by atoms with van der Waals surface area (Å²) in [4.78, 5) is 0. The molecule has 0 bridgehead atoms. The molecule has 6 heteroatoms. The molecule has 0 aromatic rings. The van der Waals surface area contributed by atoms with Gasteiger partial charge in [0.25, 0.3) is 0 Å². The zero-order chi connectivity index (χ0) is 17.8. The summed E-state index contributed by atoms with van der Waals surface area (Å²) in [6.07, 6.45) is 4.08. The fraction of sp³-hybridized carbons (Fsp3) is 1.00. The Bertz CT molecular complexity index is 305. The van der Waals surface area contributed by atoms with Crippen molar-refractivity contribution in [3.8, 4) is 0 Å². The summed E-state index contributed by atoms with van der Waals surface area (Å²) in [6, 6.07) is 0. The number of aliphatic hydroxyl groups excluding tert-OH is 1. The average molecular weight is 458 g/mol. The van der Waals surface area contributed by atoms with Crippen LogP contribution in [-0.4, -0.2) is 60.1 Å². The number of alkyl halides is 1. The lowest BCUT2D eigenvalue weighted by Gasteiger charge is -2.44. The van der Waals surface area contributed by atoms with E-state index in [1.54, 1.807) is 0 Å². The zero-order valence-electron chi connectivity index (χ0n) is 15.4. The first kappa shape index (κ1) is 22.6.